The van der Waals surface area contributed by atoms with E-state index < -0.39 is 5.97 Å². The molecule has 0 aromatic carbocycles. The standard InChI is InChI=1S/C10H16O2/c1-2-3-4-5-6-7-8-9-10(11)12/h4-5,7-8H,2-3,6,9H2,1H3,(H,11,12). The number of unbranched alkanes of at least 4 members (excludes halogenated alkanes) is 1. The third kappa shape index (κ3) is 8.95. The van der Waals surface area contributed by atoms with Gasteiger partial charge >= 0.3 is 5.97 Å². The second-order valence-electron chi connectivity index (χ2n) is 2.57. The van der Waals surface area contributed by atoms with Crippen LogP contribution in [0.3, 0.4) is 0 Å². The second kappa shape index (κ2) is 8.05. The van der Waals surface area contributed by atoms with E-state index in [0.29, 0.717) is 0 Å². The van der Waals surface area contributed by atoms with E-state index >= 15 is 0 Å². The molecule has 68 valence electrons. The van der Waals surface area contributed by atoms with Crippen molar-refractivity contribution in [1.82, 2.24) is 0 Å². The van der Waals surface area contributed by atoms with Crippen molar-refractivity contribution in [2.45, 2.75) is 32.6 Å². The number of carboxylic acid groups (broad SMARTS) is 1. The molecule has 0 aliphatic heterocycles. The van der Waals surface area contributed by atoms with Crippen LogP contribution in [0.5, 0.6) is 0 Å². The molecule has 0 aromatic rings. The molecule has 2 heteroatoms. The summed E-state index contributed by atoms with van der Waals surface area (Å²) < 4.78 is 0. The molecule has 0 rings (SSSR count). The van der Waals surface area contributed by atoms with E-state index in [9.17, 15) is 4.79 Å². The van der Waals surface area contributed by atoms with Crippen molar-refractivity contribution in [2.24, 2.45) is 0 Å². The van der Waals surface area contributed by atoms with E-state index in [1.165, 1.54) is 0 Å². The summed E-state index contributed by atoms with van der Waals surface area (Å²) in [6, 6.07) is 0. The number of hydrogen-bond acceptors (Lipinski definition) is 1. The lowest BCUT2D eigenvalue weighted by molar-refractivity contribution is -0.136. The minimum Gasteiger partial charge on any atom is -0.481 e. The molecule has 12 heavy (non-hydrogen) atoms. The predicted octanol–water partition coefficient (Wildman–Crippen LogP) is 2.76. The van der Waals surface area contributed by atoms with Crippen LogP contribution in [0.1, 0.15) is 32.6 Å². The van der Waals surface area contributed by atoms with Crippen molar-refractivity contribution in [3.05, 3.63) is 24.3 Å². The fraction of sp³-hybridized carbons (Fsp3) is 0.500. The molecule has 0 saturated carbocycles. The Morgan fingerprint density at radius 2 is 1.92 bits per heavy atom. The molecule has 0 aliphatic carbocycles. The molecular weight excluding hydrogens is 152 g/mol. The van der Waals surface area contributed by atoms with Crippen LogP contribution in [0, 0.1) is 0 Å². The van der Waals surface area contributed by atoms with E-state index in [1.54, 1.807) is 6.08 Å². The zero-order valence-electron chi connectivity index (χ0n) is 7.49. The van der Waals surface area contributed by atoms with E-state index in [2.05, 4.69) is 19.1 Å². The Hall–Kier alpha value is -1.05. The largest absolute Gasteiger partial charge is 0.481 e. The Kier molecular flexibility index (Phi) is 7.35. The van der Waals surface area contributed by atoms with Gasteiger partial charge in [-0.15, -0.1) is 0 Å². The van der Waals surface area contributed by atoms with Crippen molar-refractivity contribution < 1.29 is 9.90 Å². The zero-order valence-corrected chi connectivity index (χ0v) is 7.49. The number of hydrogen-bond donors (Lipinski definition) is 1. The highest BCUT2D eigenvalue weighted by Crippen LogP contribution is 1.93. The maximum Gasteiger partial charge on any atom is 0.307 e. The van der Waals surface area contributed by atoms with Crippen molar-refractivity contribution in [3.63, 3.8) is 0 Å². The lowest BCUT2D eigenvalue weighted by atomic mass is 10.2. The van der Waals surface area contributed by atoms with Crippen molar-refractivity contribution in [1.29, 1.82) is 0 Å². The molecule has 0 unspecified atom stereocenters. The smallest absolute Gasteiger partial charge is 0.307 e. The highest BCUT2D eigenvalue weighted by atomic mass is 16.4. The van der Waals surface area contributed by atoms with Gasteiger partial charge in [-0.05, 0) is 12.8 Å². The Morgan fingerprint density at radius 3 is 2.50 bits per heavy atom. The predicted molar refractivity (Wildman–Crippen MR) is 50.1 cm³/mol. The van der Waals surface area contributed by atoms with Crippen LogP contribution in [0.15, 0.2) is 24.3 Å². The van der Waals surface area contributed by atoms with Crippen LogP contribution in [-0.2, 0) is 4.79 Å². The van der Waals surface area contributed by atoms with E-state index in [0.717, 1.165) is 19.3 Å². The first-order valence-electron chi connectivity index (χ1n) is 4.29. The molecule has 0 aliphatic rings. The topological polar surface area (TPSA) is 37.3 Å². The lowest BCUT2D eigenvalue weighted by Crippen LogP contribution is -1.89. The van der Waals surface area contributed by atoms with Gasteiger partial charge in [0.15, 0.2) is 0 Å². The van der Waals surface area contributed by atoms with Crippen molar-refractivity contribution in [3.8, 4) is 0 Å². The molecule has 0 amide bonds. The van der Waals surface area contributed by atoms with E-state index in [-0.39, 0.29) is 6.42 Å². The summed E-state index contributed by atoms with van der Waals surface area (Å²) in [7, 11) is 0. The van der Waals surface area contributed by atoms with Gasteiger partial charge < -0.3 is 5.11 Å². The van der Waals surface area contributed by atoms with Crippen molar-refractivity contribution in [2.75, 3.05) is 0 Å². The van der Waals surface area contributed by atoms with Gasteiger partial charge in [0.05, 0.1) is 6.42 Å². The normalized spacial score (nSPS) is 11.4. The molecule has 2 nitrogen and oxygen atoms in total. The van der Waals surface area contributed by atoms with Gasteiger partial charge in [-0.3, -0.25) is 4.79 Å². The summed E-state index contributed by atoms with van der Waals surface area (Å²) in [4.78, 5) is 10.1. The summed E-state index contributed by atoms with van der Waals surface area (Å²) in [5, 5.41) is 8.28. The van der Waals surface area contributed by atoms with Crippen LogP contribution in [0.25, 0.3) is 0 Å². The molecule has 0 bridgehead atoms. The summed E-state index contributed by atoms with van der Waals surface area (Å²) in [5.74, 6) is -0.774. The Morgan fingerprint density at radius 1 is 1.25 bits per heavy atom. The number of carbonyl (C=O) groups is 1. The van der Waals surface area contributed by atoms with E-state index in [4.69, 9.17) is 5.11 Å². The van der Waals surface area contributed by atoms with Gasteiger partial charge in [-0.25, -0.2) is 0 Å². The third-order valence-corrected chi connectivity index (χ3v) is 1.35. The number of rotatable bonds is 6. The zero-order chi connectivity index (χ0) is 9.23. The highest BCUT2D eigenvalue weighted by molar-refractivity contribution is 5.68. The minimum atomic E-state index is -0.774. The molecule has 0 fully saturated rings. The van der Waals surface area contributed by atoms with Crippen LogP contribution >= 0.6 is 0 Å². The lowest BCUT2D eigenvalue weighted by Gasteiger charge is -1.84. The fourth-order valence-corrected chi connectivity index (χ4v) is 0.740. The summed E-state index contributed by atoms with van der Waals surface area (Å²) >= 11 is 0. The molecule has 0 heterocycles. The first kappa shape index (κ1) is 11.0. The first-order chi connectivity index (χ1) is 5.77. The molecule has 0 radical (unpaired) electrons. The Bertz CT molecular complexity index is 169. The Labute approximate surface area is 73.6 Å². The first-order valence-corrected chi connectivity index (χ1v) is 4.29. The average Bonchev–Trinajstić information content (AvgIpc) is 2.02. The highest BCUT2D eigenvalue weighted by Gasteiger charge is 1.86. The van der Waals surface area contributed by atoms with Gasteiger partial charge in [0.2, 0.25) is 0 Å². The molecule has 0 aromatic heterocycles. The third-order valence-electron chi connectivity index (χ3n) is 1.35. The molecule has 0 saturated heterocycles. The van der Waals surface area contributed by atoms with Crippen LogP contribution in [0.2, 0.25) is 0 Å². The number of carboxylic acids is 1. The van der Waals surface area contributed by atoms with Gasteiger partial charge in [0.1, 0.15) is 0 Å². The molecule has 0 spiro atoms. The molecule has 0 atom stereocenters. The van der Waals surface area contributed by atoms with Crippen LogP contribution in [-0.4, -0.2) is 11.1 Å². The van der Waals surface area contributed by atoms with Crippen molar-refractivity contribution >= 4 is 5.97 Å². The van der Waals surface area contributed by atoms with Crippen LogP contribution in [0.4, 0.5) is 0 Å². The monoisotopic (exact) mass is 168 g/mol. The fourth-order valence-electron chi connectivity index (χ4n) is 0.740. The Balaban J connectivity index is 3.29. The SMILES string of the molecule is CCCC=CCC=CCC(=O)O. The summed E-state index contributed by atoms with van der Waals surface area (Å²) in [6.45, 7) is 2.13. The average molecular weight is 168 g/mol. The molecular formula is C10H16O2. The van der Waals surface area contributed by atoms with Gasteiger partial charge in [-0.1, -0.05) is 37.6 Å². The maximum atomic E-state index is 10.1. The van der Waals surface area contributed by atoms with Gasteiger partial charge in [0.25, 0.3) is 0 Å². The second-order valence-corrected chi connectivity index (χ2v) is 2.57. The minimum absolute atomic E-state index is 0.127. The van der Waals surface area contributed by atoms with Gasteiger partial charge in [-0.2, -0.15) is 0 Å². The number of aliphatic carboxylic acids is 1. The molecule has 1 N–H and O–H groups in total. The number of allylic oxidation sites excluding steroid dienone is 3. The van der Waals surface area contributed by atoms with Gasteiger partial charge in [0, 0.05) is 0 Å². The summed E-state index contributed by atoms with van der Waals surface area (Å²) in [5.41, 5.74) is 0. The van der Waals surface area contributed by atoms with E-state index in [1.807, 2.05) is 6.08 Å². The quantitative estimate of drug-likeness (QED) is 0.619. The van der Waals surface area contributed by atoms with Crippen LogP contribution < -0.4 is 0 Å². The maximum absolute atomic E-state index is 10.1. The summed E-state index contributed by atoms with van der Waals surface area (Å²) in [6.07, 6.45) is 11.0.